The van der Waals surface area contributed by atoms with Crippen molar-refractivity contribution in [3.05, 3.63) is 69.0 Å². The molecule has 0 aromatic heterocycles. The van der Waals surface area contributed by atoms with E-state index in [1.54, 1.807) is 12.2 Å². The van der Waals surface area contributed by atoms with Crippen LogP contribution < -0.4 is 0 Å². The molecule has 0 aliphatic carbocycles. The van der Waals surface area contributed by atoms with Crippen LogP contribution in [0.1, 0.15) is 6.92 Å². The van der Waals surface area contributed by atoms with E-state index in [1.807, 2.05) is 0 Å². The predicted molar refractivity (Wildman–Crippen MR) is 86.3 cm³/mol. The van der Waals surface area contributed by atoms with Gasteiger partial charge in [-0.15, -0.1) is 18.9 Å². The van der Waals surface area contributed by atoms with Gasteiger partial charge in [-0.25, -0.2) is 9.59 Å². The van der Waals surface area contributed by atoms with Crippen LogP contribution in [0.4, 0.5) is 0 Å². The summed E-state index contributed by atoms with van der Waals surface area (Å²) in [5.41, 5.74) is 2.43. The number of carbonyl (C=O) groups is 2. The molecule has 0 saturated carbocycles. The van der Waals surface area contributed by atoms with Gasteiger partial charge in [0, 0.05) is 11.6 Å². The third-order valence-electron chi connectivity index (χ3n) is 1.01. The lowest BCUT2D eigenvalue weighted by atomic mass is 10.4. The fourth-order valence-corrected chi connectivity index (χ4v) is 0.235. The summed E-state index contributed by atoms with van der Waals surface area (Å²) in [6.07, 6.45) is 4.26. The van der Waals surface area contributed by atoms with Crippen molar-refractivity contribution in [2.45, 2.75) is 6.92 Å². The van der Waals surface area contributed by atoms with Crippen molar-refractivity contribution in [3.63, 3.8) is 0 Å². The fraction of sp³-hybridized carbons (Fsp3) is 0.188. The molecule has 0 aliphatic heterocycles. The van der Waals surface area contributed by atoms with E-state index in [0.717, 1.165) is 6.08 Å². The molecular weight excluding hydrogens is 272 g/mol. The summed E-state index contributed by atoms with van der Waals surface area (Å²) < 4.78 is 4.90. The highest BCUT2D eigenvalue weighted by Crippen LogP contribution is 1.81. The van der Waals surface area contributed by atoms with Crippen molar-refractivity contribution in [1.29, 1.82) is 0 Å². The van der Waals surface area contributed by atoms with Crippen molar-refractivity contribution in [2.75, 3.05) is 13.2 Å². The number of ether oxygens (including phenoxy) is 1. The molecule has 0 aromatic rings. The average molecular weight is 296 g/mol. The normalized spacial score (nSPS) is 6.71. The zero-order valence-electron chi connectivity index (χ0n) is 12.5. The lowest BCUT2D eigenvalue weighted by Crippen LogP contribution is -1.92. The number of aliphatic carboxylic acids is 2. The fourth-order valence-electron chi connectivity index (χ4n) is 0.235. The van der Waals surface area contributed by atoms with Crippen molar-refractivity contribution in [1.82, 2.24) is 0 Å². The molecule has 0 fully saturated rings. The van der Waals surface area contributed by atoms with Crippen LogP contribution in [0.25, 0.3) is 0 Å². The van der Waals surface area contributed by atoms with E-state index in [4.69, 9.17) is 14.9 Å². The van der Waals surface area contributed by atoms with Crippen molar-refractivity contribution in [2.24, 2.45) is 0 Å². The third-order valence-corrected chi connectivity index (χ3v) is 1.01. The molecule has 0 rings (SSSR count). The smallest absolute Gasteiger partial charge is 0.330 e. The van der Waals surface area contributed by atoms with Crippen LogP contribution in [0.15, 0.2) is 69.0 Å². The molecule has 0 radical (unpaired) electrons. The van der Waals surface area contributed by atoms with Crippen molar-refractivity contribution >= 4 is 11.9 Å². The van der Waals surface area contributed by atoms with Crippen LogP contribution in [0.2, 0.25) is 0 Å². The highest BCUT2D eigenvalue weighted by atomic mass is 16.5. The van der Waals surface area contributed by atoms with E-state index in [9.17, 15) is 9.59 Å². The van der Waals surface area contributed by atoms with E-state index in [-0.39, 0.29) is 5.57 Å². The predicted octanol–water partition coefficient (Wildman–Crippen LogP) is 3.24. The second-order valence-electron chi connectivity index (χ2n) is 2.99. The van der Waals surface area contributed by atoms with Gasteiger partial charge in [-0.1, -0.05) is 38.5 Å². The second kappa shape index (κ2) is 26.0. The number of carboxylic acids is 2. The topological polar surface area (TPSA) is 83.8 Å². The lowest BCUT2D eigenvalue weighted by Gasteiger charge is -1.89. The first-order valence-electron chi connectivity index (χ1n) is 5.57. The van der Waals surface area contributed by atoms with E-state index < -0.39 is 11.9 Å². The third kappa shape index (κ3) is 75.5. The largest absolute Gasteiger partial charge is 0.478 e. The van der Waals surface area contributed by atoms with Gasteiger partial charge in [0.2, 0.25) is 0 Å². The molecule has 21 heavy (non-hydrogen) atoms. The van der Waals surface area contributed by atoms with Gasteiger partial charge in [0.25, 0.3) is 0 Å². The highest BCUT2D eigenvalue weighted by Gasteiger charge is 1.90. The highest BCUT2D eigenvalue weighted by molar-refractivity contribution is 5.84. The molecule has 5 nitrogen and oxygen atoms in total. The van der Waals surface area contributed by atoms with Crippen LogP contribution >= 0.6 is 0 Å². The Labute approximate surface area is 126 Å². The quantitative estimate of drug-likeness (QED) is 0.340. The van der Waals surface area contributed by atoms with Crippen LogP contribution in [0.5, 0.6) is 0 Å². The van der Waals surface area contributed by atoms with E-state index in [2.05, 4.69) is 45.2 Å². The summed E-state index contributed by atoms with van der Waals surface area (Å²) in [7, 11) is 0. The molecule has 0 atom stereocenters. The van der Waals surface area contributed by atoms with Crippen molar-refractivity contribution < 1.29 is 24.5 Å². The zero-order valence-corrected chi connectivity index (χ0v) is 12.5. The monoisotopic (exact) mass is 296 g/mol. The molecule has 2 N–H and O–H groups in total. The minimum absolute atomic E-state index is 0.176. The average Bonchev–Trinajstić information content (AvgIpc) is 2.41. The maximum absolute atomic E-state index is 9.60. The molecule has 0 aromatic carbocycles. The SMILES string of the molecule is C=C(C)C(=O)O.C=C=C.C=CC(=O)O.C=CCOCC=C. The van der Waals surface area contributed by atoms with Crippen LogP contribution in [0.3, 0.4) is 0 Å². The molecule has 0 bridgehead atoms. The summed E-state index contributed by atoms with van der Waals surface area (Å²) in [6, 6.07) is 0. The Balaban J connectivity index is -0.0000000955. The molecule has 0 aliphatic rings. The standard InChI is InChI=1S/C6H10O.C4H6O2.C3H4O2.C3H4/c1-3-5-7-6-4-2;1-3(2)4(5)6;1-2-3(4)5;1-3-2/h3-4H,1-2,5-6H2;1H2,2H3,(H,5,6);2H,1H2,(H,4,5);1-2H2. The maximum Gasteiger partial charge on any atom is 0.330 e. The molecule has 0 unspecified atom stereocenters. The number of hydrogen-bond donors (Lipinski definition) is 2. The number of carboxylic acid groups (broad SMARTS) is 2. The summed E-state index contributed by atoms with van der Waals surface area (Å²) >= 11 is 0. The molecule has 0 spiro atoms. The van der Waals surface area contributed by atoms with Gasteiger partial charge in [-0.05, 0) is 6.92 Å². The summed E-state index contributed by atoms with van der Waals surface area (Å²) in [5.74, 6) is -1.92. The zero-order chi connectivity index (χ0) is 17.7. The first-order valence-corrected chi connectivity index (χ1v) is 5.57. The molecule has 118 valence electrons. The number of hydrogen-bond acceptors (Lipinski definition) is 3. The Hall–Kier alpha value is -2.62. The Kier molecular flexibility index (Phi) is 33.3. The van der Waals surface area contributed by atoms with Gasteiger partial charge in [0.1, 0.15) is 0 Å². The minimum atomic E-state index is -0.981. The molecule has 0 saturated heterocycles. The van der Waals surface area contributed by atoms with E-state index >= 15 is 0 Å². The lowest BCUT2D eigenvalue weighted by molar-refractivity contribution is -0.133. The first kappa shape index (κ1) is 26.8. The molecule has 5 heteroatoms. The Bertz CT molecular complexity index is 341. The molecule has 0 heterocycles. The van der Waals surface area contributed by atoms with Gasteiger partial charge in [-0.3, -0.25) is 0 Å². The summed E-state index contributed by atoms with van der Waals surface area (Å²) in [6.45, 7) is 22.0. The van der Waals surface area contributed by atoms with Crippen molar-refractivity contribution in [3.8, 4) is 0 Å². The Morgan fingerprint density at radius 1 is 1.10 bits per heavy atom. The summed E-state index contributed by atoms with van der Waals surface area (Å²) in [5, 5.41) is 15.5. The van der Waals surface area contributed by atoms with E-state index in [1.165, 1.54) is 6.92 Å². The molecule has 0 amide bonds. The molecular formula is C16H24O5. The first-order chi connectivity index (χ1) is 9.74. The van der Waals surface area contributed by atoms with Gasteiger partial charge < -0.3 is 14.9 Å². The van der Waals surface area contributed by atoms with Crippen LogP contribution in [0, 0.1) is 0 Å². The van der Waals surface area contributed by atoms with Gasteiger partial charge in [-0.2, -0.15) is 0 Å². The minimum Gasteiger partial charge on any atom is -0.478 e. The number of rotatable bonds is 6. The second-order valence-corrected chi connectivity index (χ2v) is 2.99. The van der Waals surface area contributed by atoms with Gasteiger partial charge in [0.15, 0.2) is 0 Å². The van der Waals surface area contributed by atoms with Gasteiger partial charge in [0.05, 0.1) is 13.2 Å². The van der Waals surface area contributed by atoms with E-state index in [0.29, 0.717) is 13.2 Å². The maximum atomic E-state index is 9.60. The van der Waals surface area contributed by atoms with Gasteiger partial charge >= 0.3 is 11.9 Å². The Morgan fingerprint density at radius 3 is 1.43 bits per heavy atom. The summed E-state index contributed by atoms with van der Waals surface area (Å²) in [4.78, 5) is 18.8. The van der Waals surface area contributed by atoms with Crippen LogP contribution in [-0.4, -0.2) is 35.4 Å². The Morgan fingerprint density at radius 2 is 1.33 bits per heavy atom. The van der Waals surface area contributed by atoms with Crippen LogP contribution in [-0.2, 0) is 14.3 Å².